The van der Waals surface area contributed by atoms with Crippen LogP contribution in [-0.2, 0) is 11.2 Å². The van der Waals surface area contributed by atoms with Gasteiger partial charge in [0.25, 0.3) is 11.8 Å². The van der Waals surface area contributed by atoms with E-state index in [1.54, 1.807) is 23.9 Å². The minimum absolute atomic E-state index is 0.0131. The molecular weight excluding hydrogens is 465 g/mol. The minimum Gasteiger partial charge on any atom is -0.339 e. The molecule has 184 valence electrons. The molecule has 2 saturated heterocycles. The van der Waals surface area contributed by atoms with Crippen molar-refractivity contribution in [3.05, 3.63) is 65.5 Å². The zero-order valence-electron chi connectivity index (χ0n) is 19.8. The second-order valence-corrected chi connectivity index (χ2v) is 10.7. The lowest BCUT2D eigenvalue weighted by Crippen LogP contribution is -2.58. The third-order valence-corrected chi connectivity index (χ3v) is 8.30. The van der Waals surface area contributed by atoms with Gasteiger partial charge in [0.2, 0.25) is 0 Å². The average molecular weight is 496 g/mol. The van der Waals surface area contributed by atoms with Gasteiger partial charge in [0.1, 0.15) is 11.4 Å². The van der Waals surface area contributed by atoms with Crippen LogP contribution in [-0.4, -0.2) is 59.1 Å². The summed E-state index contributed by atoms with van der Waals surface area (Å²) >= 11 is 1.63. The van der Waals surface area contributed by atoms with E-state index in [4.69, 9.17) is 0 Å². The number of likely N-dealkylation sites (tertiary alicyclic amines) is 1. The van der Waals surface area contributed by atoms with Gasteiger partial charge >= 0.3 is 6.03 Å². The van der Waals surface area contributed by atoms with E-state index in [0.717, 1.165) is 23.3 Å². The fourth-order valence-electron chi connectivity index (χ4n) is 5.33. The molecule has 0 spiro atoms. The Balaban J connectivity index is 1.34. The number of amides is 4. The molecule has 0 unspecified atom stereocenters. The SMILES string of the molecule is CSc1ccc(C(=O)N2CCC([C@@]3(Cc4ccc(F)cc4)NC(=O)N(CC4CC4)C3=O)CC2)cc1. The van der Waals surface area contributed by atoms with Crippen LogP contribution in [0.25, 0.3) is 0 Å². The highest BCUT2D eigenvalue weighted by molar-refractivity contribution is 7.98. The summed E-state index contributed by atoms with van der Waals surface area (Å²) in [6, 6.07) is 13.4. The molecule has 8 heteroatoms. The van der Waals surface area contributed by atoms with Gasteiger partial charge < -0.3 is 10.2 Å². The van der Waals surface area contributed by atoms with Crippen molar-refractivity contribution in [3.8, 4) is 0 Å². The molecular formula is C27H30FN3O3S. The van der Waals surface area contributed by atoms with Gasteiger partial charge in [0, 0.05) is 36.5 Å². The van der Waals surface area contributed by atoms with Crippen LogP contribution in [0.15, 0.2) is 53.4 Å². The standard InChI is InChI=1S/C27H30FN3O3S/c1-35-23-10-6-20(7-11-23)24(32)30-14-12-21(13-15-30)27(16-18-4-8-22(28)9-5-18)25(33)31(26(34)29-27)17-19-2-3-19/h4-11,19,21H,2-3,12-17H2,1H3,(H,29,34)/t27-/m1/s1. The summed E-state index contributed by atoms with van der Waals surface area (Å²) in [5.41, 5.74) is 0.391. The van der Waals surface area contributed by atoms with Crippen molar-refractivity contribution < 1.29 is 18.8 Å². The molecule has 4 amide bonds. The van der Waals surface area contributed by atoms with E-state index in [2.05, 4.69) is 5.32 Å². The number of carbonyl (C=O) groups excluding carboxylic acids is 3. The van der Waals surface area contributed by atoms with Crippen LogP contribution in [0.5, 0.6) is 0 Å². The van der Waals surface area contributed by atoms with E-state index in [0.29, 0.717) is 50.4 Å². The first-order valence-electron chi connectivity index (χ1n) is 12.2. The van der Waals surface area contributed by atoms with Crippen molar-refractivity contribution in [2.75, 3.05) is 25.9 Å². The molecule has 35 heavy (non-hydrogen) atoms. The molecule has 6 nitrogen and oxygen atoms in total. The number of rotatable bonds is 7. The Morgan fingerprint density at radius 2 is 1.69 bits per heavy atom. The molecule has 3 aliphatic rings. The topological polar surface area (TPSA) is 69.7 Å². The highest BCUT2D eigenvalue weighted by Gasteiger charge is 2.56. The molecule has 0 radical (unpaired) electrons. The van der Waals surface area contributed by atoms with Crippen LogP contribution in [0.4, 0.5) is 9.18 Å². The largest absolute Gasteiger partial charge is 0.339 e. The number of nitrogens with one attached hydrogen (secondary N) is 1. The fraction of sp³-hybridized carbons (Fsp3) is 0.444. The summed E-state index contributed by atoms with van der Waals surface area (Å²) < 4.78 is 13.5. The number of imide groups is 1. The number of thioether (sulfide) groups is 1. The maximum Gasteiger partial charge on any atom is 0.325 e. The highest BCUT2D eigenvalue weighted by Crippen LogP contribution is 2.39. The van der Waals surface area contributed by atoms with E-state index in [9.17, 15) is 18.8 Å². The Morgan fingerprint density at radius 3 is 2.29 bits per heavy atom. The Bertz CT molecular complexity index is 1110. The first-order chi connectivity index (χ1) is 16.9. The number of halogens is 1. The highest BCUT2D eigenvalue weighted by atomic mass is 32.2. The van der Waals surface area contributed by atoms with Crippen LogP contribution < -0.4 is 5.32 Å². The van der Waals surface area contributed by atoms with Crippen LogP contribution in [0.1, 0.15) is 41.6 Å². The number of benzene rings is 2. The molecule has 0 bridgehead atoms. The molecule has 1 N–H and O–H groups in total. The fourth-order valence-corrected chi connectivity index (χ4v) is 5.73. The lowest BCUT2D eigenvalue weighted by molar-refractivity contribution is -0.134. The second kappa shape index (κ2) is 9.64. The number of nitrogens with zero attached hydrogens (tertiary/aromatic N) is 2. The number of piperidine rings is 1. The quantitative estimate of drug-likeness (QED) is 0.458. The van der Waals surface area contributed by atoms with Crippen LogP contribution in [0.2, 0.25) is 0 Å². The van der Waals surface area contributed by atoms with Crippen molar-refractivity contribution in [2.45, 2.75) is 42.5 Å². The summed E-state index contributed by atoms with van der Waals surface area (Å²) in [5, 5.41) is 3.06. The van der Waals surface area contributed by atoms with Crippen molar-refractivity contribution >= 4 is 29.6 Å². The van der Waals surface area contributed by atoms with Gasteiger partial charge in [-0.15, -0.1) is 11.8 Å². The van der Waals surface area contributed by atoms with Crippen molar-refractivity contribution in [1.82, 2.24) is 15.1 Å². The monoisotopic (exact) mass is 495 g/mol. The van der Waals surface area contributed by atoms with Crippen molar-refractivity contribution in [3.63, 3.8) is 0 Å². The molecule has 3 fully saturated rings. The first-order valence-corrected chi connectivity index (χ1v) is 13.4. The Hall–Kier alpha value is -2.87. The first kappa shape index (κ1) is 23.9. The molecule has 2 aromatic rings. The van der Waals surface area contributed by atoms with Crippen LogP contribution in [0.3, 0.4) is 0 Å². The summed E-state index contributed by atoms with van der Waals surface area (Å²) in [7, 11) is 0. The maximum absolute atomic E-state index is 13.8. The predicted molar refractivity (Wildman–Crippen MR) is 133 cm³/mol. The molecule has 5 rings (SSSR count). The van der Waals surface area contributed by atoms with Crippen LogP contribution >= 0.6 is 11.8 Å². The Morgan fingerprint density at radius 1 is 1.03 bits per heavy atom. The van der Waals surface area contributed by atoms with Crippen molar-refractivity contribution in [2.24, 2.45) is 11.8 Å². The van der Waals surface area contributed by atoms with Gasteiger partial charge in [0.05, 0.1) is 0 Å². The molecule has 2 aliphatic heterocycles. The normalized spacial score (nSPS) is 23.0. The van der Waals surface area contributed by atoms with E-state index in [1.807, 2.05) is 35.4 Å². The van der Waals surface area contributed by atoms with Gasteiger partial charge in [0.15, 0.2) is 0 Å². The third-order valence-electron chi connectivity index (χ3n) is 7.55. The van der Waals surface area contributed by atoms with E-state index in [-0.39, 0.29) is 29.6 Å². The Labute approximate surface area is 209 Å². The average Bonchev–Trinajstić information content (AvgIpc) is 3.68. The Kier molecular flexibility index (Phi) is 6.57. The number of urea groups is 1. The smallest absolute Gasteiger partial charge is 0.325 e. The van der Waals surface area contributed by atoms with Gasteiger partial charge in [-0.05, 0) is 85.7 Å². The molecule has 2 aromatic carbocycles. The number of hydrogen-bond donors (Lipinski definition) is 1. The zero-order chi connectivity index (χ0) is 24.6. The molecule has 1 atom stereocenters. The molecule has 1 aliphatic carbocycles. The molecule has 1 saturated carbocycles. The zero-order valence-corrected chi connectivity index (χ0v) is 20.7. The lowest BCUT2D eigenvalue weighted by atomic mass is 9.73. The summed E-state index contributed by atoms with van der Waals surface area (Å²) in [6.45, 7) is 1.49. The second-order valence-electron chi connectivity index (χ2n) is 9.86. The maximum atomic E-state index is 13.8. The van der Waals surface area contributed by atoms with Crippen molar-refractivity contribution in [1.29, 1.82) is 0 Å². The van der Waals surface area contributed by atoms with Crippen LogP contribution in [0, 0.1) is 17.7 Å². The molecule has 0 aromatic heterocycles. The summed E-state index contributed by atoms with van der Waals surface area (Å²) in [6.07, 6.45) is 5.62. The summed E-state index contributed by atoms with van der Waals surface area (Å²) in [4.78, 5) is 44.1. The van der Waals surface area contributed by atoms with E-state index in [1.165, 1.54) is 17.0 Å². The van der Waals surface area contributed by atoms with Gasteiger partial charge in [-0.3, -0.25) is 14.5 Å². The predicted octanol–water partition coefficient (Wildman–Crippen LogP) is 4.34. The van der Waals surface area contributed by atoms with E-state index >= 15 is 0 Å². The lowest BCUT2D eigenvalue weighted by Gasteiger charge is -2.41. The molecule has 2 heterocycles. The van der Waals surface area contributed by atoms with Gasteiger partial charge in [-0.1, -0.05) is 12.1 Å². The number of hydrogen-bond acceptors (Lipinski definition) is 4. The summed E-state index contributed by atoms with van der Waals surface area (Å²) in [5.74, 6) is -0.256. The number of carbonyl (C=O) groups is 3. The third kappa shape index (κ3) is 4.81. The van der Waals surface area contributed by atoms with E-state index < -0.39 is 5.54 Å². The minimum atomic E-state index is -1.07. The van der Waals surface area contributed by atoms with Gasteiger partial charge in [-0.25, -0.2) is 9.18 Å². The van der Waals surface area contributed by atoms with Gasteiger partial charge in [-0.2, -0.15) is 0 Å².